The second kappa shape index (κ2) is 10.5. The van der Waals surface area contributed by atoms with Crippen LogP contribution >= 0.6 is 11.6 Å². The predicted molar refractivity (Wildman–Crippen MR) is 119 cm³/mol. The minimum Gasteiger partial charge on any atom is -0.453 e. The fourth-order valence-electron chi connectivity index (χ4n) is 2.86. The van der Waals surface area contributed by atoms with Crippen LogP contribution in [0, 0.1) is 0 Å². The molecule has 1 unspecified atom stereocenters. The summed E-state index contributed by atoms with van der Waals surface area (Å²) in [4.78, 5) is 40.5. The number of hydrogen-bond donors (Lipinski definition) is 1. The number of benzene rings is 2. The summed E-state index contributed by atoms with van der Waals surface area (Å²) in [5.74, 6) is -1.34. The molecular weight excluding hydrogens is 416 g/mol. The number of anilines is 1. The Morgan fingerprint density at radius 1 is 0.935 bits per heavy atom. The highest BCUT2D eigenvalue weighted by molar-refractivity contribution is 6.32. The van der Waals surface area contributed by atoms with Gasteiger partial charge < -0.3 is 10.1 Å². The molecular formula is C24H21ClN2O4. The number of pyridine rings is 1. The number of ketones is 1. The van der Waals surface area contributed by atoms with Gasteiger partial charge in [-0.2, -0.15) is 0 Å². The van der Waals surface area contributed by atoms with Gasteiger partial charge in [-0.05, 0) is 30.2 Å². The maximum atomic E-state index is 12.4. The first-order valence-corrected chi connectivity index (χ1v) is 10.1. The monoisotopic (exact) mass is 436 g/mol. The van der Waals surface area contributed by atoms with E-state index in [1.165, 1.54) is 13.1 Å². The van der Waals surface area contributed by atoms with Gasteiger partial charge in [0.1, 0.15) is 0 Å². The number of halogens is 1. The summed E-state index contributed by atoms with van der Waals surface area (Å²) < 4.78 is 5.12. The molecule has 0 saturated carbocycles. The van der Waals surface area contributed by atoms with Crippen LogP contribution in [0.15, 0.2) is 72.9 Å². The standard InChI is InChI=1S/C24H21ClN2O4/c1-16(24(30)27-20-8-5-15-26-23(20)25)31-22(29)14-13-21(28)19-11-9-18(10-12-19)17-6-3-2-4-7-17/h2-12,15-16H,13-14H2,1H3,(H,27,30). The molecule has 2 aromatic carbocycles. The lowest BCUT2D eigenvalue weighted by atomic mass is 10.0. The number of carbonyl (C=O) groups excluding carboxylic acids is 3. The van der Waals surface area contributed by atoms with E-state index in [-0.39, 0.29) is 23.8 Å². The molecule has 31 heavy (non-hydrogen) atoms. The SMILES string of the molecule is CC(OC(=O)CCC(=O)c1ccc(-c2ccccc2)cc1)C(=O)Nc1cccnc1Cl. The molecule has 0 fully saturated rings. The van der Waals surface area contributed by atoms with Crippen molar-refractivity contribution in [3.05, 3.63) is 83.6 Å². The van der Waals surface area contributed by atoms with Gasteiger partial charge in [-0.3, -0.25) is 14.4 Å². The third-order valence-corrected chi connectivity index (χ3v) is 4.87. The number of nitrogens with zero attached hydrogens (tertiary/aromatic N) is 1. The van der Waals surface area contributed by atoms with E-state index >= 15 is 0 Å². The molecule has 1 atom stereocenters. The van der Waals surface area contributed by atoms with Gasteiger partial charge in [0.05, 0.1) is 12.1 Å². The Morgan fingerprint density at radius 3 is 2.29 bits per heavy atom. The average molecular weight is 437 g/mol. The number of rotatable bonds is 8. The van der Waals surface area contributed by atoms with Crippen molar-refractivity contribution in [1.82, 2.24) is 4.98 Å². The maximum absolute atomic E-state index is 12.4. The number of nitrogens with one attached hydrogen (secondary N) is 1. The summed E-state index contributed by atoms with van der Waals surface area (Å²) in [7, 11) is 0. The van der Waals surface area contributed by atoms with Crippen molar-refractivity contribution in [3.8, 4) is 11.1 Å². The summed E-state index contributed by atoms with van der Waals surface area (Å²) in [6.45, 7) is 1.45. The van der Waals surface area contributed by atoms with E-state index in [0.717, 1.165) is 11.1 Å². The predicted octanol–water partition coefficient (Wildman–Crippen LogP) is 4.94. The van der Waals surface area contributed by atoms with Gasteiger partial charge in [0.2, 0.25) is 0 Å². The molecule has 0 spiro atoms. The number of amides is 1. The van der Waals surface area contributed by atoms with Gasteiger partial charge >= 0.3 is 5.97 Å². The number of hydrogen-bond acceptors (Lipinski definition) is 5. The molecule has 1 aromatic heterocycles. The molecule has 1 amide bonds. The molecule has 0 aliphatic rings. The van der Waals surface area contributed by atoms with Crippen molar-refractivity contribution >= 4 is 34.9 Å². The van der Waals surface area contributed by atoms with E-state index in [4.69, 9.17) is 16.3 Å². The summed E-state index contributed by atoms with van der Waals surface area (Å²) in [5.41, 5.74) is 2.91. The Balaban J connectivity index is 1.48. The van der Waals surface area contributed by atoms with Crippen LogP contribution < -0.4 is 5.32 Å². The Morgan fingerprint density at radius 2 is 1.61 bits per heavy atom. The molecule has 1 heterocycles. The van der Waals surface area contributed by atoms with Crippen LogP contribution in [0.25, 0.3) is 11.1 Å². The molecule has 0 bridgehead atoms. The van der Waals surface area contributed by atoms with Crippen molar-refractivity contribution in [1.29, 1.82) is 0 Å². The van der Waals surface area contributed by atoms with Crippen LogP contribution in [0.2, 0.25) is 5.15 Å². The highest BCUT2D eigenvalue weighted by atomic mass is 35.5. The molecule has 0 aliphatic heterocycles. The molecule has 0 radical (unpaired) electrons. The molecule has 6 nitrogen and oxygen atoms in total. The van der Waals surface area contributed by atoms with Gasteiger partial charge in [-0.25, -0.2) is 4.98 Å². The smallest absolute Gasteiger partial charge is 0.307 e. The van der Waals surface area contributed by atoms with E-state index in [1.54, 1.807) is 24.3 Å². The Kier molecular flexibility index (Phi) is 7.51. The number of Topliss-reactive ketones (excluding diaryl/α,β-unsaturated/α-hetero) is 1. The normalized spacial score (nSPS) is 11.4. The van der Waals surface area contributed by atoms with Crippen LogP contribution in [0.4, 0.5) is 5.69 Å². The van der Waals surface area contributed by atoms with Crippen molar-refractivity contribution in [2.75, 3.05) is 5.32 Å². The van der Waals surface area contributed by atoms with Gasteiger partial charge in [0.15, 0.2) is 17.0 Å². The zero-order valence-corrected chi connectivity index (χ0v) is 17.6. The van der Waals surface area contributed by atoms with Gasteiger partial charge in [-0.15, -0.1) is 0 Å². The first-order valence-electron chi connectivity index (χ1n) is 9.73. The van der Waals surface area contributed by atoms with E-state index < -0.39 is 18.0 Å². The van der Waals surface area contributed by atoms with E-state index in [0.29, 0.717) is 11.3 Å². The first kappa shape index (κ1) is 22.2. The maximum Gasteiger partial charge on any atom is 0.307 e. The topological polar surface area (TPSA) is 85.4 Å². The number of esters is 1. The largest absolute Gasteiger partial charge is 0.453 e. The molecule has 3 aromatic rings. The molecule has 1 N–H and O–H groups in total. The van der Waals surface area contributed by atoms with Crippen molar-refractivity contribution in [2.45, 2.75) is 25.9 Å². The quantitative estimate of drug-likeness (QED) is 0.307. The van der Waals surface area contributed by atoms with Gasteiger partial charge in [-0.1, -0.05) is 66.2 Å². The van der Waals surface area contributed by atoms with Crippen molar-refractivity contribution < 1.29 is 19.1 Å². The first-order chi connectivity index (χ1) is 14.9. The molecule has 0 aliphatic carbocycles. The highest BCUT2D eigenvalue weighted by Crippen LogP contribution is 2.20. The van der Waals surface area contributed by atoms with Crippen LogP contribution in [-0.4, -0.2) is 28.7 Å². The lowest BCUT2D eigenvalue weighted by Gasteiger charge is -2.13. The second-order valence-electron chi connectivity index (χ2n) is 6.83. The molecule has 158 valence electrons. The lowest BCUT2D eigenvalue weighted by Crippen LogP contribution is -2.30. The second-order valence-corrected chi connectivity index (χ2v) is 7.19. The molecule has 3 rings (SSSR count). The van der Waals surface area contributed by atoms with Crippen molar-refractivity contribution in [3.63, 3.8) is 0 Å². The molecule has 7 heteroatoms. The number of carbonyl (C=O) groups is 3. The van der Waals surface area contributed by atoms with Gasteiger partial charge in [0.25, 0.3) is 5.91 Å². The van der Waals surface area contributed by atoms with Crippen LogP contribution in [0.3, 0.4) is 0 Å². The van der Waals surface area contributed by atoms with Crippen LogP contribution in [0.1, 0.15) is 30.1 Å². The fraction of sp³-hybridized carbons (Fsp3) is 0.167. The summed E-state index contributed by atoms with van der Waals surface area (Å²) >= 11 is 5.89. The number of aromatic nitrogens is 1. The summed E-state index contributed by atoms with van der Waals surface area (Å²) in [6.07, 6.45) is 0.328. The summed E-state index contributed by atoms with van der Waals surface area (Å²) in [6, 6.07) is 20.3. The van der Waals surface area contributed by atoms with E-state index in [2.05, 4.69) is 10.3 Å². The van der Waals surface area contributed by atoms with E-state index in [9.17, 15) is 14.4 Å². The third kappa shape index (κ3) is 6.23. The van der Waals surface area contributed by atoms with E-state index in [1.807, 2.05) is 42.5 Å². The Bertz CT molecular complexity index is 1070. The fourth-order valence-corrected chi connectivity index (χ4v) is 3.03. The van der Waals surface area contributed by atoms with Crippen molar-refractivity contribution in [2.24, 2.45) is 0 Å². The Hall–Kier alpha value is -3.51. The zero-order valence-electron chi connectivity index (χ0n) is 16.9. The third-order valence-electron chi connectivity index (χ3n) is 4.56. The number of ether oxygens (including phenoxy) is 1. The average Bonchev–Trinajstić information content (AvgIpc) is 2.79. The summed E-state index contributed by atoms with van der Waals surface area (Å²) in [5, 5.41) is 2.68. The Labute approximate surface area is 185 Å². The van der Waals surface area contributed by atoms with Crippen LogP contribution in [0.5, 0.6) is 0 Å². The van der Waals surface area contributed by atoms with Crippen LogP contribution in [-0.2, 0) is 14.3 Å². The minimum absolute atomic E-state index is 0.00765. The minimum atomic E-state index is -1.04. The highest BCUT2D eigenvalue weighted by Gasteiger charge is 2.20. The lowest BCUT2D eigenvalue weighted by molar-refractivity contribution is -0.153. The molecule has 0 saturated heterocycles. The zero-order chi connectivity index (χ0) is 22.2. The van der Waals surface area contributed by atoms with Gasteiger partial charge in [0, 0.05) is 18.2 Å².